The minimum Gasteiger partial charge on any atom is -0.231 e. The van der Waals surface area contributed by atoms with Gasteiger partial charge in [0.15, 0.2) is 15.7 Å². The molecule has 1 rings (SSSR count). The average Bonchev–Trinajstić information content (AvgIpc) is 2.31. The van der Waals surface area contributed by atoms with Crippen molar-refractivity contribution >= 4 is 9.84 Å². The Hall–Kier alpha value is -0.980. The number of hydrogen-bond acceptors (Lipinski definition) is 5. The summed E-state index contributed by atoms with van der Waals surface area (Å²) in [6, 6.07) is 0. The lowest BCUT2D eigenvalue weighted by Crippen LogP contribution is -2.13. The predicted octanol–water partition coefficient (Wildman–Crippen LogP) is -0.684. The van der Waals surface area contributed by atoms with Gasteiger partial charge in [0.25, 0.3) is 0 Å². The minimum absolute atomic E-state index is 0.359. The molecule has 7 heteroatoms. The third-order valence-corrected chi connectivity index (χ3v) is 3.15. The van der Waals surface area contributed by atoms with Crippen LogP contribution in [0, 0.1) is 0 Å². The third-order valence-electron chi connectivity index (χ3n) is 1.66. The molecule has 1 heterocycles. The van der Waals surface area contributed by atoms with Crippen LogP contribution in [0.1, 0.15) is 18.0 Å². The van der Waals surface area contributed by atoms with E-state index in [1.54, 1.807) is 14.0 Å². The zero-order chi connectivity index (χ0) is 9.35. The molecule has 68 valence electrons. The van der Waals surface area contributed by atoms with Crippen molar-refractivity contribution in [3.05, 3.63) is 5.82 Å². The molecule has 12 heavy (non-hydrogen) atoms. The van der Waals surface area contributed by atoms with Gasteiger partial charge in [-0.1, -0.05) is 0 Å². The zero-order valence-electron chi connectivity index (χ0n) is 7.09. The van der Waals surface area contributed by atoms with Crippen molar-refractivity contribution in [2.24, 2.45) is 7.05 Å². The normalized spacial score (nSPS) is 14.6. The van der Waals surface area contributed by atoms with Crippen LogP contribution in [-0.2, 0) is 16.9 Å². The number of nitrogens with zero attached hydrogens (tertiary/aromatic N) is 4. The van der Waals surface area contributed by atoms with Gasteiger partial charge < -0.3 is 0 Å². The van der Waals surface area contributed by atoms with Gasteiger partial charge >= 0.3 is 0 Å². The molecule has 0 N–H and O–H groups in total. The van der Waals surface area contributed by atoms with Crippen LogP contribution >= 0.6 is 0 Å². The molecule has 0 aliphatic rings. The zero-order valence-corrected chi connectivity index (χ0v) is 7.91. The largest absolute Gasteiger partial charge is 0.231 e. The average molecular weight is 190 g/mol. The first kappa shape index (κ1) is 9.11. The fourth-order valence-corrected chi connectivity index (χ4v) is 1.35. The van der Waals surface area contributed by atoms with Crippen LogP contribution < -0.4 is 0 Å². The van der Waals surface area contributed by atoms with Gasteiger partial charge in [-0.2, -0.15) is 0 Å². The lowest BCUT2D eigenvalue weighted by molar-refractivity contribution is 0.582. The molecule has 1 unspecified atom stereocenters. The molecule has 0 aliphatic carbocycles. The summed E-state index contributed by atoms with van der Waals surface area (Å²) < 4.78 is 23.5. The molecule has 0 saturated heterocycles. The van der Waals surface area contributed by atoms with E-state index in [0.29, 0.717) is 5.82 Å². The van der Waals surface area contributed by atoms with Crippen molar-refractivity contribution in [1.29, 1.82) is 0 Å². The van der Waals surface area contributed by atoms with E-state index >= 15 is 0 Å². The van der Waals surface area contributed by atoms with Crippen molar-refractivity contribution in [3.8, 4) is 0 Å². The lowest BCUT2D eigenvalue weighted by atomic mass is 10.4. The van der Waals surface area contributed by atoms with E-state index in [9.17, 15) is 8.42 Å². The Kier molecular flexibility index (Phi) is 2.14. The summed E-state index contributed by atoms with van der Waals surface area (Å²) in [6.07, 6.45) is 1.16. The Bertz CT molecular complexity index is 369. The smallest absolute Gasteiger partial charge is 0.168 e. The summed E-state index contributed by atoms with van der Waals surface area (Å²) in [5.74, 6) is 0.359. The van der Waals surface area contributed by atoms with E-state index in [1.807, 2.05) is 0 Å². The molecule has 1 atom stereocenters. The molecule has 0 amide bonds. The van der Waals surface area contributed by atoms with Crippen molar-refractivity contribution in [2.75, 3.05) is 6.26 Å². The second-order valence-corrected chi connectivity index (χ2v) is 5.00. The molecule has 0 aromatic carbocycles. The van der Waals surface area contributed by atoms with Crippen LogP contribution in [0.4, 0.5) is 0 Å². The Labute approximate surface area is 70.5 Å². The maximum absolute atomic E-state index is 11.1. The molecular formula is C5H10N4O2S. The Morgan fingerprint density at radius 2 is 2.08 bits per heavy atom. The predicted molar refractivity (Wildman–Crippen MR) is 42.1 cm³/mol. The number of aryl methyl sites for hydroxylation is 1. The number of rotatable bonds is 2. The highest BCUT2D eigenvalue weighted by molar-refractivity contribution is 7.90. The summed E-state index contributed by atoms with van der Waals surface area (Å²) in [5.41, 5.74) is 0. The Balaban J connectivity index is 3.09. The summed E-state index contributed by atoms with van der Waals surface area (Å²) >= 11 is 0. The van der Waals surface area contributed by atoms with Crippen LogP contribution in [0.5, 0.6) is 0 Å². The van der Waals surface area contributed by atoms with Gasteiger partial charge in [-0.05, 0) is 17.4 Å². The first-order valence-electron chi connectivity index (χ1n) is 3.34. The van der Waals surface area contributed by atoms with E-state index in [2.05, 4.69) is 15.5 Å². The third kappa shape index (κ3) is 1.60. The topological polar surface area (TPSA) is 77.7 Å². The Morgan fingerprint density at radius 1 is 1.50 bits per heavy atom. The summed E-state index contributed by atoms with van der Waals surface area (Å²) in [7, 11) is -1.50. The van der Waals surface area contributed by atoms with Gasteiger partial charge in [0.1, 0.15) is 5.25 Å². The van der Waals surface area contributed by atoms with Crippen LogP contribution in [0.3, 0.4) is 0 Å². The van der Waals surface area contributed by atoms with Crippen molar-refractivity contribution in [1.82, 2.24) is 20.2 Å². The fourth-order valence-electron chi connectivity index (χ4n) is 0.772. The lowest BCUT2D eigenvalue weighted by Gasteiger charge is -2.05. The maximum atomic E-state index is 11.1. The van der Waals surface area contributed by atoms with Gasteiger partial charge in [0.2, 0.25) is 0 Å². The Morgan fingerprint density at radius 3 is 2.42 bits per heavy atom. The van der Waals surface area contributed by atoms with Crippen molar-refractivity contribution in [2.45, 2.75) is 12.2 Å². The fraction of sp³-hybridized carbons (Fsp3) is 0.800. The van der Waals surface area contributed by atoms with Crippen LogP contribution in [0.15, 0.2) is 0 Å². The molecule has 1 aromatic heterocycles. The molecule has 1 aromatic rings. The highest BCUT2D eigenvalue weighted by Crippen LogP contribution is 2.16. The van der Waals surface area contributed by atoms with Gasteiger partial charge in [-0.3, -0.25) is 0 Å². The molecule has 0 spiro atoms. The monoisotopic (exact) mass is 190 g/mol. The van der Waals surface area contributed by atoms with Crippen molar-refractivity contribution in [3.63, 3.8) is 0 Å². The molecule has 0 radical (unpaired) electrons. The van der Waals surface area contributed by atoms with E-state index in [4.69, 9.17) is 0 Å². The van der Waals surface area contributed by atoms with Gasteiger partial charge in [-0.25, -0.2) is 13.1 Å². The van der Waals surface area contributed by atoms with E-state index in [0.717, 1.165) is 6.26 Å². The van der Waals surface area contributed by atoms with E-state index in [1.165, 1.54) is 4.68 Å². The van der Waals surface area contributed by atoms with Gasteiger partial charge in [0, 0.05) is 13.3 Å². The summed E-state index contributed by atoms with van der Waals surface area (Å²) in [4.78, 5) is 0. The first-order valence-corrected chi connectivity index (χ1v) is 5.29. The summed E-state index contributed by atoms with van der Waals surface area (Å²) in [5, 5.41) is 9.85. The van der Waals surface area contributed by atoms with Crippen molar-refractivity contribution < 1.29 is 8.42 Å². The second kappa shape index (κ2) is 2.81. The van der Waals surface area contributed by atoms with Crippen LogP contribution in [0.25, 0.3) is 0 Å². The molecule has 0 aliphatic heterocycles. The standard InChI is InChI=1S/C5H10N4O2S/c1-4(12(3,10)11)5-6-7-8-9(5)2/h4H,1-3H3. The highest BCUT2D eigenvalue weighted by Gasteiger charge is 2.22. The second-order valence-electron chi connectivity index (χ2n) is 2.63. The minimum atomic E-state index is -3.11. The number of aromatic nitrogens is 4. The van der Waals surface area contributed by atoms with E-state index < -0.39 is 15.1 Å². The highest BCUT2D eigenvalue weighted by atomic mass is 32.2. The number of hydrogen-bond donors (Lipinski definition) is 0. The quantitative estimate of drug-likeness (QED) is 0.617. The number of tetrazole rings is 1. The molecular weight excluding hydrogens is 180 g/mol. The first-order chi connectivity index (χ1) is 5.43. The van der Waals surface area contributed by atoms with Crippen LogP contribution in [-0.4, -0.2) is 34.9 Å². The van der Waals surface area contributed by atoms with Gasteiger partial charge in [-0.15, -0.1) is 5.10 Å². The molecule has 0 bridgehead atoms. The molecule has 6 nitrogen and oxygen atoms in total. The molecule has 0 saturated carbocycles. The van der Waals surface area contributed by atoms with Crippen LogP contribution in [0.2, 0.25) is 0 Å². The van der Waals surface area contributed by atoms with Gasteiger partial charge in [0.05, 0.1) is 0 Å². The maximum Gasteiger partial charge on any atom is 0.168 e. The molecule has 0 fully saturated rings. The summed E-state index contributed by atoms with van der Waals surface area (Å²) in [6.45, 7) is 1.56. The number of sulfone groups is 1. The SMILES string of the molecule is CC(c1nnnn1C)S(C)(=O)=O. The van der Waals surface area contributed by atoms with E-state index in [-0.39, 0.29) is 0 Å².